The molecule has 0 amide bonds. The molecule has 1 aromatic rings. The Kier molecular flexibility index (Phi) is 4.51. The number of thioether (sulfide) groups is 1. The largest absolute Gasteiger partial charge is 0.495 e. The number of nitrogens with two attached hydrogens (primary N) is 1. The molecule has 5 nitrogen and oxygen atoms in total. The van der Waals surface area contributed by atoms with Crippen LogP contribution >= 0.6 is 11.8 Å². The van der Waals surface area contributed by atoms with Gasteiger partial charge >= 0.3 is 0 Å². The van der Waals surface area contributed by atoms with Crippen LogP contribution in [0.25, 0.3) is 0 Å². The highest BCUT2D eigenvalue weighted by molar-refractivity contribution is 8.01. The predicted molar refractivity (Wildman–Crippen MR) is 82.7 cm³/mol. The highest BCUT2D eigenvalue weighted by atomic mass is 32.2. The van der Waals surface area contributed by atoms with Crippen LogP contribution in [0.5, 0.6) is 5.75 Å². The third-order valence-electron chi connectivity index (χ3n) is 3.45. The molecular weight excluding hydrogens is 296 g/mol. The topological polar surface area (TPSA) is 81.4 Å². The molecule has 1 aliphatic heterocycles. The molecule has 1 heterocycles. The van der Waals surface area contributed by atoms with Crippen LogP contribution in [0.4, 0.5) is 5.69 Å². The number of nitrogen functional groups attached to an aromatic ring is 1. The van der Waals surface area contributed by atoms with E-state index in [1.807, 2.05) is 11.8 Å². The Morgan fingerprint density at radius 3 is 2.85 bits per heavy atom. The van der Waals surface area contributed by atoms with Crippen LogP contribution in [0.1, 0.15) is 19.8 Å². The van der Waals surface area contributed by atoms with Gasteiger partial charge < -0.3 is 10.5 Å². The molecule has 1 atom stereocenters. The van der Waals surface area contributed by atoms with E-state index in [4.69, 9.17) is 10.5 Å². The minimum absolute atomic E-state index is 0.00896. The number of methoxy groups -OCH3 is 1. The lowest BCUT2D eigenvalue weighted by Gasteiger charge is -2.22. The lowest BCUT2D eigenvalue weighted by Crippen LogP contribution is -2.36. The van der Waals surface area contributed by atoms with Gasteiger partial charge in [-0.15, -0.1) is 0 Å². The number of hydrogen-bond donors (Lipinski definition) is 2. The number of rotatable bonds is 5. The minimum Gasteiger partial charge on any atom is -0.495 e. The number of sulfonamides is 1. The molecule has 3 N–H and O–H groups in total. The van der Waals surface area contributed by atoms with E-state index in [1.54, 1.807) is 6.07 Å². The molecule has 2 rings (SSSR count). The lowest BCUT2D eigenvalue weighted by molar-refractivity contribution is 0.415. The number of hydrogen-bond acceptors (Lipinski definition) is 5. The fourth-order valence-corrected chi connectivity index (χ4v) is 4.69. The maximum absolute atomic E-state index is 12.3. The molecule has 0 spiro atoms. The molecular formula is C13H20N2O3S2. The molecule has 1 fully saturated rings. The van der Waals surface area contributed by atoms with Gasteiger partial charge in [0.05, 0.1) is 17.7 Å². The first-order valence-corrected chi connectivity index (χ1v) is 8.90. The maximum Gasteiger partial charge on any atom is 0.240 e. The summed E-state index contributed by atoms with van der Waals surface area (Å²) in [6, 6.07) is 4.48. The second-order valence-corrected chi connectivity index (χ2v) is 8.58. The van der Waals surface area contributed by atoms with Gasteiger partial charge in [0.25, 0.3) is 0 Å². The summed E-state index contributed by atoms with van der Waals surface area (Å²) in [4.78, 5) is 0.176. The van der Waals surface area contributed by atoms with Crippen LogP contribution in [0.15, 0.2) is 23.1 Å². The molecule has 1 unspecified atom stereocenters. The van der Waals surface area contributed by atoms with Crippen LogP contribution in [0.2, 0.25) is 0 Å². The van der Waals surface area contributed by atoms with Gasteiger partial charge in [-0.05, 0) is 37.7 Å². The van der Waals surface area contributed by atoms with Gasteiger partial charge in [-0.1, -0.05) is 0 Å². The van der Waals surface area contributed by atoms with Crippen LogP contribution in [0, 0.1) is 0 Å². The summed E-state index contributed by atoms with van der Waals surface area (Å²) in [5.74, 6) is 1.46. The Hall–Kier alpha value is -0.920. The molecule has 7 heteroatoms. The number of anilines is 1. The zero-order valence-corrected chi connectivity index (χ0v) is 13.3. The van der Waals surface area contributed by atoms with E-state index < -0.39 is 10.0 Å². The summed E-state index contributed by atoms with van der Waals surface area (Å²) in [6.45, 7) is 2.53. The van der Waals surface area contributed by atoms with E-state index in [1.165, 1.54) is 19.2 Å². The summed E-state index contributed by atoms with van der Waals surface area (Å²) in [7, 11) is -2.07. The van der Waals surface area contributed by atoms with Crippen LogP contribution in [0.3, 0.4) is 0 Å². The lowest BCUT2D eigenvalue weighted by atomic mass is 10.1. The first kappa shape index (κ1) is 15.5. The van der Waals surface area contributed by atoms with E-state index in [0.717, 1.165) is 18.6 Å². The van der Waals surface area contributed by atoms with Crippen LogP contribution in [-0.2, 0) is 10.0 Å². The second-order valence-electron chi connectivity index (χ2n) is 5.13. The van der Waals surface area contributed by atoms with Crippen molar-refractivity contribution in [3.05, 3.63) is 18.2 Å². The minimum atomic E-state index is -3.53. The molecule has 0 radical (unpaired) electrons. The smallest absolute Gasteiger partial charge is 0.240 e. The number of benzene rings is 1. The highest BCUT2D eigenvalue weighted by Gasteiger charge is 2.31. The van der Waals surface area contributed by atoms with Gasteiger partial charge in [-0.2, -0.15) is 11.8 Å². The van der Waals surface area contributed by atoms with E-state index in [0.29, 0.717) is 18.0 Å². The highest BCUT2D eigenvalue weighted by Crippen LogP contribution is 2.37. The molecule has 0 aliphatic carbocycles. The average molecular weight is 316 g/mol. The second kappa shape index (κ2) is 5.83. The zero-order valence-electron chi connectivity index (χ0n) is 11.7. The third kappa shape index (κ3) is 3.39. The first-order chi connectivity index (χ1) is 9.36. The van der Waals surface area contributed by atoms with Gasteiger partial charge in [0, 0.05) is 17.4 Å². The van der Waals surface area contributed by atoms with Crippen molar-refractivity contribution >= 4 is 27.5 Å². The van der Waals surface area contributed by atoms with Crippen molar-refractivity contribution in [1.82, 2.24) is 4.72 Å². The SMILES string of the molecule is COc1cc(S(=O)(=O)NCC2(C)CCCS2)ccc1N. The van der Waals surface area contributed by atoms with Crippen molar-refractivity contribution in [2.45, 2.75) is 29.4 Å². The Bertz CT molecular complexity index is 581. The average Bonchev–Trinajstić information content (AvgIpc) is 2.85. The predicted octanol–water partition coefficient (Wildman–Crippen LogP) is 1.84. The van der Waals surface area contributed by atoms with E-state index in [9.17, 15) is 8.42 Å². The summed E-state index contributed by atoms with van der Waals surface area (Å²) in [6.07, 6.45) is 2.17. The van der Waals surface area contributed by atoms with Crippen molar-refractivity contribution in [2.24, 2.45) is 0 Å². The zero-order chi connectivity index (χ0) is 14.8. The Morgan fingerprint density at radius 2 is 2.25 bits per heavy atom. The fourth-order valence-electron chi connectivity index (χ4n) is 2.17. The molecule has 0 aromatic heterocycles. The molecule has 20 heavy (non-hydrogen) atoms. The van der Waals surface area contributed by atoms with E-state index in [-0.39, 0.29) is 9.64 Å². The Balaban J connectivity index is 2.14. The molecule has 1 saturated heterocycles. The molecule has 0 saturated carbocycles. The van der Waals surface area contributed by atoms with Gasteiger partial charge in [0.2, 0.25) is 10.0 Å². The standard InChI is InChI=1S/C13H20N2O3S2/c1-13(6-3-7-19-13)9-15-20(16,17)10-4-5-11(14)12(8-10)18-2/h4-5,8,15H,3,6-7,9,14H2,1-2H3. The fraction of sp³-hybridized carbons (Fsp3) is 0.538. The van der Waals surface area contributed by atoms with Crippen molar-refractivity contribution in [3.63, 3.8) is 0 Å². The maximum atomic E-state index is 12.3. The van der Waals surface area contributed by atoms with Crippen molar-refractivity contribution in [3.8, 4) is 5.75 Å². The summed E-state index contributed by atoms with van der Waals surface area (Å²) < 4.78 is 32.3. The first-order valence-electron chi connectivity index (χ1n) is 6.43. The summed E-state index contributed by atoms with van der Waals surface area (Å²) >= 11 is 1.82. The van der Waals surface area contributed by atoms with Crippen molar-refractivity contribution in [2.75, 3.05) is 25.1 Å². The summed E-state index contributed by atoms with van der Waals surface area (Å²) in [5, 5.41) is 0. The van der Waals surface area contributed by atoms with Gasteiger partial charge in [0.15, 0.2) is 0 Å². The monoisotopic (exact) mass is 316 g/mol. The Morgan fingerprint density at radius 1 is 1.50 bits per heavy atom. The molecule has 1 aromatic carbocycles. The van der Waals surface area contributed by atoms with Crippen LogP contribution < -0.4 is 15.2 Å². The molecule has 112 valence electrons. The molecule has 0 bridgehead atoms. The third-order valence-corrected chi connectivity index (χ3v) is 6.39. The van der Waals surface area contributed by atoms with E-state index in [2.05, 4.69) is 11.6 Å². The van der Waals surface area contributed by atoms with Crippen molar-refractivity contribution in [1.29, 1.82) is 0 Å². The normalized spacial score (nSPS) is 22.9. The summed E-state index contributed by atoms with van der Waals surface area (Å²) in [5.41, 5.74) is 6.12. The number of ether oxygens (including phenoxy) is 1. The van der Waals surface area contributed by atoms with Gasteiger partial charge in [0.1, 0.15) is 5.75 Å². The Labute approximate surface area is 124 Å². The quantitative estimate of drug-likeness (QED) is 0.810. The number of nitrogens with one attached hydrogen (secondary N) is 1. The van der Waals surface area contributed by atoms with Gasteiger partial charge in [-0.25, -0.2) is 13.1 Å². The van der Waals surface area contributed by atoms with Crippen LogP contribution in [-0.4, -0.2) is 32.6 Å². The molecule has 1 aliphatic rings. The van der Waals surface area contributed by atoms with Gasteiger partial charge in [-0.3, -0.25) is 0 Å². The van der Waals surface area contributed by atoms with Crippen molar-refractivity contribution < 1.29 is 13.2 Å². The van der Waals surface area contributed by atoms with E-state index >= 15 is 0 Å².